The van der Waals surface area contributed by atoms with Gasteiger partial charge in [0.1, 0.15) is 12.4 Å². The Morgan fingerprint density at radius 2 is 1.71 bits per heavy atom. The van der Waals surface area contributed by atoms with Crippen molar-refractivity contribution in [3.8, 4) is 5.75 Å². The number of nitro groups is 1. The van der Waals surface area contributed by atoms with E-state index in [4.69, 9.17) is 16.3 Å². The summed E-state index contributed by atoms with van der Waals surface area (Å²) in [6, 6.07) is 29.6. The molecule has 6 heteroatoms. The summed E-state index contributed by atoms with van der Waals surface area (Å²) in [4.78, 5) is 11.2. The van der Waals surface area contributed by atoms with Crippen LogP contribution in [0, 0.1) is 16.0 Å². The first-order valence-corrected chi connectivity index (χ1v) is 12.0. The van der Waals surface area contributed by atoms with Gasteiger partial charge in [0.2, 0.25) is 0 Å². The van der Waals surface area contributed by atoms with Crippen molar-refractivity contribution in [2.45, 2.75) is 25.0 Å². The molecule has 0 aromatic heterocycles. The van der Waals surface area contributed by atoms with Crippen molar-refractivity contribution in [1.29, 1.82) is 0 Å². The Morgan fingerprint density at radius 3 is 2.51 bits per heavy atom. The molecular weight excluding hydrogens is 460 g/mol. The monoisotopic (exact) mass is 482 g/mol. The number of hydrogen-bond acceptors (Lipinski definition) is 4. The average molecular weight is 483 g/mol. The van der Waals surface area contributed by atoms with Crippen LogP contribution in [0.3, 0.4) is 0 Å². The number of halogens is 1. The van der Waals surface area contributed by atoms with Crippen LogP contribution < -0.4 is 10.1 Å². The van der Waals surface area contributed by atoms with Crippen LogP contribution >= 0.6 is 11.6 Å². The lowest BCUT2D eigenvalue weighted by atomic mass is 9.75. The summed E-state index contributed by atoms with van der Waals surface area (Å²) in [7, 11) is 0. The molecule has 1 aliphatic carbocycles. The van der Waals surface area contributed by atoms with Gasteiger partial charge in [-0.2, -0.15) is 0 Å². The number of nitro benzene ring substituents is 1. The molecule has 35 heavy (non-hydrogen) atoms. The molecule has 0 unspecified atom stereocenters. The second kappa shape index (κ2) is 8.75. The van der Waals surface area contributed by atoms with Crippen LogP contribution in [0.1, 0.15) is 39.8 Å². The molecule has 1 aliphatic heterocycles. The minimum atomic E-state index is -0.316. The fraction of sp³-hybridized carbons (Fsp3) is 0.172. The van der Waals surface area contributed by atoms with E-state index < -0.39 is 0 Å². The number of benzene rings is 4. The second-order valence-electron chi connectivity index (χ2n) is 9.14. The Bertz CT molecular complexity index is 1420. The van der Waals surface area contributed by atoms with Crippen LogP contribution in [0.5, 0.6) is 5.75 Å². The van der Waals surface area contributed by atoms with E-state index in [0.717, 1.165) is 29.0 Å². The lowest BCUT2D eigenvalue weighted by Gasteiger charge is -2.38. The Balaban J connectivity index is 1.31. The van der Waals surface area contributed by atoms with E-state index >= 15 is 0 Å². The lowest BCUT2D eigenvalue weighted by molar-refractivity contribution is -0.384. The minimum Gasteiger partial charge on any atom is -0.489 e. The van der Waals surface area contributed by atoms with Crippen LogP contribution in [0.15, 0.2) is 91.0 Å². The van der Waals surface area contributed by atoms with Gasteiger partial charge in [-0.1, -0.05) is 66.2 Å². The first kappa shape index (κ1) is 21.7. The van der Waals surface area contributed by atoms with Gasteiger partial charge in [-0.3, -0.25) is 10.1 Å². The maximum atomic E-state index is 11.5. The Labute approximate surface area is 208 Å². The van der Waals surface area contributed by atoms with Gasteiger partial charge in [-0.25, -0.2) is 0 Å². The normalized spacial score (nSPS) is 19.7. The molecule has 0 spiro atoms. The Morgan fingerprint density at radius 1 is 0.943 bits per heavy atom. The number of nitrogens with zero attached hydrogens (tertiary/aromatic N) is 1. The van der Waals surface area contributed by atoms with Crippen molar-refractivity contribution in [1.82, 2.24) is 0 Å². The highest BCUT2D eigenvalue weighted by atomic mass is 35.5. The predicted molar refractivity (Wildman–Crippen MR) is 137 cm³/mol. The van der Waals surface area contributed by atoms with Crippen LogP contribution in [0.4, 0.5) is 11.4 Å². The zero-order valence-electron chi connectivity index (χ0n) is 18.9. The van der Waals surface area contributed by atoms with Gasteiger partial charge in [0.15, 0.2) is 0 Å². The zero-order valence-corrected chi connectivity index (χ0v) is 19.6. The molecule has 174 valence electrons. The molecule has 0 amide bonds. The van der Waals surface area contributed by atoms with E-state index in [2.05, 4.69) is 41.7 Å². The van der Waals surface area contributed by atoms with E-state index in [9.17, 15) is 10.1 Å². The summed E-state index contributed by atoms with van der Waals surface area (Å²) in [6.07, 6.45) is 0.922. The number of rotatable bonds is 5. The predicted octanol–water partition coefficient (Wildman–Crippen LogP) is 7.30. The van der Waals surface area contributed by atoms with Gasteiger partial charge in [-0.05, 0) is 58.9 Å². The highest BCUT2D eigenvalue weighted by Crippen LogP contribution is 2.54. The zero-order chi connectivity index (χ0) is 23.9. The first-order valence-electron chi connectivity index (χ1n) is 11.7. The van der Waals surface area contributed by atoms with E-state index in [1.54, 1.807) is 12.1 Å². The average Bonchev–Trinajstić information content (AvgIpc) is 3.28. The number of nitrogens with one attached hydrogen (secondary N) is 1. The number of ether oxygens (including phenoxy) is 1. The smallest absolute Gasteiger partial charge is 0.269 e. The Hall–Kier alpha value is -3.83. The third-order valence-electron chi connectivity index (χ3n) is 7.19. The highest BCUT2D eigenvalue weighted by molar-refractivity contribution is 6.31. The number of non-ortho nitro benzene ring substituents is 1. The molecule has 0 bridgehead atoms. The molecule has 1 heterocycles. The minimum absolute atomic E-state index is 0.0824. The van der Waals surface area contributed by atoms with Crippen LogP contribution in [-0.2, 0) is 13.0 Å². The highest BCUT2D eigenvalue weighted by Gasteiger charge is 2.43. The van der Waals surface area contributed by atoms with E-state index in [1.165, 1.54) is 16.7 Å². The topological polar surface area (TPSA) is 64.4 Å². The third-order valence-corrected chi connectivity index (χ3v) is 7.55. The molecule has 4 aromatic carbocycles. The van der Waals surface area contributed by atoms with Crippen LogP contribution in [0.25, 0.3) is 0 Å². The number of fused-ring (bicyclic) bond motifs is 5. The maximum Gasteiger partial charge on any atom is 0.269 e. The summed E-state index contributed by atoms with van der Waals surface area (Å²) in [5, 5.41) is 15.9. The Kier molecular flexibility index (Phi) is 5.42. The quantitative estimate of drug-likeness (QED) is 0.239. The van der Waals surface area contributed by atoms with Crippen LogP contribution in [0.2, 0.25) is 5.02 Å². The van der Waals surface area contributed by atoms with E-state index in [-0.39, 0.29) is 28.5 Å². The maximum absolute atomic E-state index is 11.5. The molecule has 2 aliphatic rings. The molecule has 0 fully saturated rings. The lowest BCUT2D eigenvalue weighted by Crippen LogP contribution is -2.30. The molecular formula is C29H23ClN2O3. The second-order valence-corrected chi connectivity index (χ2v) is 9.55. The van der Waals surface area contributed by atoms with E-state index in [0.29, 0.717) is 11.6 Å². The van der Waals surface area contributed by atoms with Crippen molar-refractivity contribution in [3.63, 3.8) is 0 Å². The summed E-state index contributed by atoms with van der Waals surface area (Å²) < 4.78 is 5.98. The van der Waals surface area contributed by atoms with Gasteiger partial charge >= 0.3 is 0 Å². The van der Waals surface area contributed by atoms with Crippen molar-refractivity contribution in [2.75, 3.05) is 5.32 Å². The van der Waals surface area contributed by atoms with Crippen molar-refractivity contribution >= 4 is 23.0 Å². The van der Waals surface area contributed by atoms with Crippen molar-refractivity contribution in [3.05, 3.63) is 134 Å². The molecule has 4 aromatic rings. The van der Waals surface area contributed by atoms with Crippen molar-refractivity contribution in [2.24, 2.45) is 5.92 Å². The standard InChI is InChI=1S/C29H23ClN2O3/c30-26-8-4-2-6-20(26)17-35-22-12-9-18(10-13-22)29-25-15-19-5-1-3-7-23(19)28(25)24-16-21(32(33)34)11-14-27(24)31-29/h1-14,16,25,28-29,31H,15,17H2/t25-,28+,29+/m1/s1. The molecule has 3 atom stereocenters. The number of anilines is 1. The molecule has 0 radical (unpaired) electrons. The summed E-state index contributed by atoms with van der Waals surface area (Å²) in [5.41, 5.74) is 6.79. The molecule has 0 saturated heterocycles. The van der Waals surface area contributed by atoms with Gasteiger partial charge in [0.05, 0.1) is 11.0 Å². The van der Waals surface area contributed by atoms with Gasteiger partial charge in [0.25, 0.3) is 5.69 Å². The summed E-state index contributed by atoms with van der Waals surface area (Å²) >= 11 is 6.25. The van der Waals surface area contributed by atoms with Crippen molar-refractivity contribution < 1.29 is 9.66 Å². The first-order chi connectivity index (χ1) is 17.1. The van der Waals surface area contributed by atoms with Gasteiger partial charge in [0, 0.05) is 34.3 Å². The fourth-order valence-electron chi connectivity index (χ4n) is 5.54. The fourth-order valence-corrected chi connectivity index (χ4v) is 5.73. The molecule has 1 N–H and O–H groups in total. The third kappa shape index (κ3) is 3.92. The molecule has 0 saturated carbocycles. The van der Waals surface area contributed by atoms with Gasteiger partial charge < -0.3 is 10.1 Å². The van der Waals surface area contributed by atoms with E-state index in [1.807, 2.05) is 42.5 Å². The summed E-state index contributed by atoms with van der Waals surface area (Å²) in [5.74, 6) is 1.16. The largest absolute Gasteiger partial charge is 0.489 e. The van der Waals surface area contributed by atoms with Gasteiger partial charge in [-0.15, -0.1) is 0 Å². The number of hydrogen-bond donors (Lipinski definition) is 1. The molecule has 5 nitrogen and oxygen atoms in total. The van der Waals surface area contributed by atoms with Crippen LogP contribution in [-0.4, -0.2) is 4.92 Å². The summed E-state index contributed by atoms with van der Waals surface area (Å²) in [6.45, 7) is 0.410. The molecule has 6 rings (SSSR count). The SMILES string of the molecule is O=[N+]([O-])c1ccc2c(c1)[C@@H]1c3ccccc3C[C@H]1[C@H](c1ccc(OCc3ccccc3Cl)cc1)N2.